The van der Waals surface area contributed by atoms with Crippen LogP contribution in [0.2, 0.25) is 0 Å². The van der Waals surface area contributed by atoms with Gasteiger partial charge in [0.15, 0.2) is 17.5 Å². The summed E-state index contributed by atoms with van der Waals surface area (Å²) in [4.78, 5) is 18.3. The van der Waals surface area contributed by atoms with E-state index in [-0.39, 0.29) is 18.3 Å². The molecule has 0 saturated heterocycles. The highest BCUT2D eigenvalue weighted by Crippen LogP contribution is 2.15. The molecular formula is C10H9FN4O3. The van der Waals surface area contributed by atoms with Crippen molar-refractivity contribution in [1.29, 1.82) is 0 Å². The third kappa shape index (κ3) is 2.42. The van der Waals surface area contributed by atoms with Crippen LogP contribution >= 0.6 is 0 Å². The number of hydrogen-bond acceptors (Lipinski definition) is 6. The van der Waals surface area contributed by atoms with E-state index in [9.17, 15) is 9.18 Å². The fourth-order valence-corrected chi connectivity index (χ4v) is 1.30. The van der Waals surface area contributed by atoms with Gasteiger partial charge in [0.2, 0.25) is 5.89 Å². The Morgan fingerprint density at radius 2 is 2.39 bits per heavy atom. The molecule has 0 amide bonds. The van der Waals surface area contributed by atoms with Crippen LogP contribution in [0.15, 0.2) is 16.8 Å². The molecule has 0 aliphatic heterocycles. The van der Waals surface area contributed by atoms with Gasteiger partial charge in [-0.25, -0.2) is 14.2 Å². The second kappa shape index (κ2) is 4.78. The van der Waals surface area contributed by atoms with E-state index in [0.717, 1.165) is 6.07 Å². The Hall–Kier alpha value is -2.51. The van der Waals surface area contributed by atoms with Gasteiger partial charge in [0.1, 0.15) is 5.56 Å². The lowest BCUT2D eigenvalue weighted by Crippen LogP contribution is -2.08. The van der Waals surface area contributed by atoms with Gasteiger partial charge in [-0.05, 0) is 13.0 Å². The van der Waals surface area contributed by atoms with E-state index < -0.39 is 17.3 Å². The van der Waals surface area contributed by atoms with E-state index >= 15 is 0 Å². The molecule has 8 heteroatoms. The van der Waals surface area contributed by atoms with Crippen LogP contribution in [0.1, 0.15) is 22.1 Å². The van der Waals surface area contributed by atoms with Crippen LogP contribution in [-0.4, -0.2) is 26.2 Å². The average Bonchev–Trinajstić information content (AvgIpc) is 2.73. The van der Waals surface area contributed by atoms with Crippen LogP contribution in [0.4, 0.5) is 10.2 Å². The number of aromatic nitrogens is 3. The molecule has 0 saturated carbocycles. The molecule has 0 atom stereocenters. The van der Waals surface area contributed by atoms with Crippen molar-refractivity contribution in [2.45, 2.75) is 13.5 Å². The van der Waals surface area contributed by atoms with Gasteiger partial charge in [-0.2, -0.15) is 4.98 Å². The van der Waals surface area contributed by atoms with Crippen molar-refractivity contribution >= 4 is 11.8 Å². The molecule has 94 valence electrons. The Balaban J connectivity index is 2.14. The van der Waals surface area contributed by atoms with Crippen LogP contribution in [0, 0.1) is 12.7 Å². The minimum absolute atomic E-state index is 0.0633. The van der Waals surface area contributed by atoms with Gasteiger partial charge < -0.3 is 14.9 Å². The van der Waals surface area contributed by atoms with E-state index in [1.165, 1.54) is 6.20 Å². The Morgan fingerprint density at radius 1 is 1.61 bits per heavy atom. The Labute approximate surface area is 101 Å². The SMILES string of the molecule is Cc1noc(CNc2nccc(C(=O)O)c2F)n1. The quantitative estimate of drug-likeness (QED) is 0.843. The van der Waals surface area contributed by atoms with Crippen molar-refractivity contribution in [2.24, 2.45) is 0 Å². The largest absolute Gasteiger partial charge is 0.478 e. The van der Waals surface area contributed by atoms with E-state index in [1.54, 1.807) is 6.92 Å². The molecule has 2 aromatic heterocycles. The summed E-state index contributed by atoms with van der Waals surface area (Å²) in [5.41, 5.74) is -0.450. The lowest BCUT2D eigenvalue weighted by Gasteiger charge is -2.05. The van der Waals surface area contributed by atoms with Gasteiger partial charge in [0.05, 0.1) is 6.54 Å². The fourth-order valence-electron chi connectivity index (χ4n) is 1.30. The topological polar surface area (TPSA) is 101 Å². The molecule has 0 aromatic carbocycles. The van der Waals surface area contributed by atoms with Gasteiger partial charge in [-0.15, -0.1) is 0 Å². The smallest absolute Gasteiger partial charge is 0.338 e. The molecule has 2 rings (SSSR count). The maximum Gasteiger partial charge on any atom is 0.338 e. The average molecular weight is 252 g/mol. The molecule has 0 unspecified atom stereocenters. The van der Waals surface area contributed by atoms with Gasteiger partial charge >= 0.3 is 5.97 Å². The first kappa shape index (κ1) is 12.0. The third-order valence-corrected chi connectivity index (χ3v) is 2.10. The molecular weight excluding hydrogens is 243 g/mol. The number of aryl methyl sites for hydroxylation is 1. The number of halogens is 1. The Bertz CT molecular complexity index is 584. The van der Waals surface area contributed by atoms with Gasteiger partial charge in [-0.1, -0.05) is 5.16 Å². The summed E-state index contributed by atoms with van der Waals surface area (Å²) in [6.07, 6.45) is 1.20. The summed E-state index contributed by atoms with van der Waals surface area (Å²) in [5, 5.41) is 14.9. The molecule has 0 aliphatic carbocycles. The lowest BCUT2D eigenvalue weighted by molar-refractivity contribution is 0.0692. The van der Waals surface area contributed by atoms with Gasteiger partial charge in [0.25, 0.3) is 0 Å². The summed E-state index contributed by atoms with van der Waals surface area (Å²) in [6.45, 7) is 1.71. The predicted molar refractivity (Wildman–Crippen MR) is 57.5 cm³/mol. The highest BCUT2D eigenvalue weighted by Gasteiger charge is 2.15. The summed E-state index contributed by atoms with van der Waals surface area (Å²) in [5.74, 6) is -1.74. The zero-order chi connectivity index (χ0) is 13.1. The summed E-state index contributed by atoms with van der Waals surface area (Å²) in [7, 11) is 0. The number of nitrogens with zero attached hydrogens (tertiary/aromatic N) is 3. The number of rotatable bonds is 4. The first-order valence-electron chi connectivity index (χ1n) is 4.99. The van der Waals surface area contributed by atoms with Crippen molar-refractivity contribution in [2.75, 3.05) is 5.32 Å². The number of carboxylic acids is 1. The number of carboxylic acid groups (broad SMARTS) is 1. The minimum Gasteiger partial charge on any atom is -0.478 e. The molecule has 7 nitrogen and oxygen atoms in total. The van der Waals surface area contributed by atoms with Crippen LogP contribution in [0.25, 0.3) is 0 Å². The molecule has 2 heterocycles. The molecule has 2 N–H and O–H groups in total. The molecule has 0 fully saturated rings. The van der Waals surface area contributed by atoms with E-state index in [0.29, 0.717) is 5.82 Å². The zero-order valence-corrected chi connectivity index (χ0v) is 9.35. The van der Waals surface area contributed by atoms with Crippen LogP contribution < -0.4 is 5.32 Å². The second-order valence-corrected chi connectivity index (χ2v) is 3.42. The standard InChI is InChI=1S/C10H9FN4O3/c1-5-14-7(18-15-5)4-13-9-8(11)6(10(16)17)2-3-12-9/h2-3H,4H2,1H3,(H,12,13)(H,16,17). The number of nitrogens with one attached hydrogen (secondary N) is 1. The molecule has 18 heavy (non-hydrogen) atoms. The second-order valence-electron chi connectivity index (χ2n) is 3.42. The fraction of sp³-hybridized carbons (Fsp3) is 0.200. The number of hydrogen-bond donors (Lipinski definition) is 2. The number of anilines is 1. The highest BCUT2D eigenvalue weighted by molar-refractivity contribution is 5.88. The minimum atomic E-state index is -1.36. The normalized spacial score (nSPS) is 10.3. The zero-order valence-electron chi connectivity index (χ0n) is 9.35. The van der Waals surface area contributed by atoms with E-state index in [4.69, 9.17) is 9.63 Å². The van der Waals surface area contributed by atoms with Crippen molar-refractivity contribution in [1.82, 2.24) is 15.1 Å². The number of aromatic carboxylic acids is 1. The van der Waals surface area contributed by atoms with Gasteiger partial charge in [0, 0.05) is 6.20 Å². The summed E-state index contributed by atoms with van der Waals surface area (Å²) in [6, 6.07) is 1.08. The first-order valence-corrected chi connectivity index (χ1v) is 4.99. The monoisotopic (exact) mass is 252 g/mol. The van der Waals surface area contributed by atoms with Crippen molar-refractivity contribution in [3.63, 3.8) is 0 Å². The number of carbonyl (C=O) groups is 1. The van der Waals surface area contributed by atoms with Crippen molar-refractivity contribution in [3.8, 4) is 0 Å². The molecule has 0 bridgehead atoms. The van der Waals surface area contributed by atoms with Crippen LogP contribution in [0.5, 0.6) is 0 Å². The molecule has 0 spiro atoms. The number of pyridine rings is 1. The van der Waals surface area contributed by atoms with Crippen molar-refractivity contribution < 1.29 is 18.8 Å². The predicted octanol–water partition coefficient (Wildman–Crippen LogP) is 1.22. The molecule has 0 aliphatic rings. The third-order valence-electron chi connectivity index (χ3n) is 2.10. The van der Waals surface area contributed by atoms with Gasteiger partial charge in [-0.3, -0.25) is 0 Å². The summed E-state index contributed by atoms with van der Waals surface area (Å²) >= 11 is 0. The Morgan fingerprint density at radius 3 is 3.00 bits per heavy atom. The maximum absolute atomic E-state index is 13.7. The van der Waals surface area contributed by atoms with Crippen LogP contribution in [-0.2, 0) is 6.54 Å². The summed E-state index contributed by atoms with van der Waals surface area (Å²) < 4.78 is 18.5. The molecule has 0 radical (unpaired) electrons. The highest BCUT2D eigenvalue weighted by atomic mass is 19.1. The first-order chi connectivity index (χ1) is 8.58. The van der Waals surface area contributed by atoms with E-state index in [2.05, 4.69) is 20.4 Å². The Kier molecular flexibility index (Phi) is 3.18. The van der Waals surface area contributed by atoms with Crippen molar-refractivity contribution in [3.05, 3.63) is 35.4 Å². The van der Waals surface area contributed by atoms with E-state index in [1.807, 2.05) is 0 Å². The lowest BCUT2D eigenvalue weighted by atomic mass is 10.2. The maximum atomic E-state index is 13.7. The van der Waals surface area contributed by atoms with Crippen LogP contribution in [0.3, 0.4) is 0 Å². The molecule has 2 aromatic rings.